The van der Waals surface area contributed by atoms with E-state index in [0.29, 0.717) is 35.5 Å². The summed E-state index contributed by atoms with van der Waals surface area (Å²) < 4.78 is 28.9. The summed E-state index contributed by atoms with van der Waals surface area (Å²) in [6.07, 6.45) is 6.77. The van der Waals surface area contributed by atoms with Crippen LogP contribution in [0.3, 0.4) is 0 Å². The van der Waals surface area contributed by atoms with E-state index in [1.165, 1.54) is 6.26 Å². The van der Waals surface area contributed by atoms with E-state index in [2.05, 4.69) is 50.5 Å². The first-order valence-electron chi connectivity index (χ1n) is 10.1. The molecule has 0 bridgehead atoms. The van der Waals surface area contributed by atoms with E-state index in [-0.39, 0.29) is 0 Å². The summed E-state index contributed by atoms with van der Waals surface area (Å²) in [5.74, 6) is 0.396. The topological polar surface area (TPSA) is 72.4 Å². The standard InChI is InChI=1S/C21H32BN3O3S/c1-6-19(25(22)15(2)3)11-16(4)14-28-21-23-12-18(13-24-21)17-7-9-20(10-8-17)29(5,26)27/h7-10,12-13,15-16,19H,6,11,14,22H2,1-5H3. The predicted molar refractivity (Wildman–Crippen MR) is 119 cm³/mol. The van der Waals surface area contributed by atoms with Crippen molar-refractivity contribution in [3.63, 3.8) is 0 Å². The molecule has 0 saturated heterocycles. The number of aromatic nitrogens is 2. The second-order valence-electron chi connectivity index (χ2n) is 8.02. The van der Waals surface area contributed by atoms with Gasteiger partial charge < -0.3 is 9.55 Å². The van der Waals surface area contributed by atoms with Crippen LogP contribution in [-0.2, 0) is 9.84 Å². The van der Waals surface area contributed by atoms with Gasteiger partial charge in [-0.25, -0.2) is 18.4 Å². The first-order chi connectivity index (χ1) is 13.6. The minimum atomic E-state index is -3.20. The Balaban J connectivity index is 1.93. The van der Waals surface area contributed by atoms with Crippen molar-refractivity contribution in [2.75, 3.05) is 12.9 Å². The average Bonchev–Trinajstić information content (AvgIpc) is 2.69. The minimum absolute atomic E-state index is 0.296. The molecule has 0 aliphatic rings. The third kappa shape index (κ3) is 6.82. The molecule has 6 nitrogen and oxygen atoms in total. The molecule has 2 atom stereocenters. The number of nitrogens with zero attached hydrogens (tertiary/aromatic N) is 3. The molecule has 0 fully saturated rings. The quantitative estimate of drug-likeness (QED) is 0.554. The lowest BCUT2D eigenvalue weighted by Gasteiger charge is -2.33. The highest BCUT2D eigenvalue weighted by atomic mass is 32.2. The normalized spacial score (nSPS) is 14.2. The van der Waals surface area contributed by atoms with Gasteiger partial charge in [0.2, 0.25) is 0 Å². The Morgan fingerprint density at radius 1 is 1.07 bits per heavy atom. The molecular formula is C21H32BN3O3S. The Hall–Kier alpha value is -1.93. The maximum absolute atomic E-state index is 11.6. The van der Waals surface area contributed by atoms with Crippen LogP contribution in [0.25, 0.3) is 11.1 Å². The number of ether oxygens (including phenoxy) is 1. The van der Waals surface area contributed by atoms with Gasteiger partial charge >= 0.3 is 6.01 Å². The summed E-state index contributed by atoms with van der Waals surface area (Å²) in [4.78, 5) is 11.3. The van der Waals surface area contributed by atoms with Crippen molar-refractivity contribution >= 4 is 17.8 Å². The zero-order chi connectivity index (χ0) is 21.6. The molecule has 29 heavy (non-hydrogen) atoms. The highest BCUT2D eigenvalue weighted by molar-refractivity contribution is 7.90. The third-order valence-corrected chi connectivity index (χ3v) is 6.41. The van der Waals surface area contributed by atoms with E-state index >= 15 is 0 Å². The van der Waals surface area contributed by atoms with Crippen LogP contribution in [0.4, 0.5) is 0 Å². The Kier molecular flexibility index (Phi) is 8.22. The molecule has 8 heteroatoms. The van der Waals surface area contributed by atoms with E-state index in [1.807, 2.05) is 0 Å². The molecule has 0 aliphatic carbocycles. The number of benzene rings is 1. The third-order valence-electron chi connectivity index (χ3n) is 5.28. The molecule has 158 valence electrons. The van der Waals surface area contributed by atoms with Crippen molar-refractivity contribution < 1.29 is 13.2 Å². The lowest BCUT2D eigenvalue weighted by molar-refractivity contribution is 0.187. The van der Waals surface area contributed by atoms with Crippen LogP contribution in [0.15, 0.2) is 41.6 Å². The average molecular weight is 417 g/mol. The van der Waals surface area contributed by atoms with Crippen molar-refractivity contribution in [1.29, 1.82) is 0 Å². The number of sulfone groups is 1. The van der Waals surface area contributed by atoms with Gasteiger partial charge in [-0.3, -0.25) is 0 Å². The van der Waals surface area contributed by atoms with Gasteiger partial charge in [0.25, 0.3) is 0 Å². The Morgan fingerprint density at radius 2 is 1.66 bits per heavy atom. The summed E-state index contributed by atoms with van der Waals surface area (Å²) in [5, 5.41) is 0. The van der Waals surface area contributed by atoms with Gasteiger partial charge in [0.1, 0.15) is 0 Å². The van der Waals surface area contributed by atoms with E-state index in [9.17, 15) is 8.42 Å². The maximum Gasteiger partial charge on any atom is 0.316 e. The van der Waals surface area contributed by atoms with Crippen LogP contribution in [0, 0.1) is 5.92 Å². The van der Waals surface area contributed by atoms with Gasteiger partial charge in [-0.2, -0.15) is 0 Å². The SMILES string of the molecule is BN(C(C)C)C(CC)CC(C)COc1ncc(-c2ccc(S(C)(=O)=O)cc2)cn1. The van der Waals surface area contributed by atoms with Gasteiger partial charge in [0, 0.05) is 24.2 Å². The van der Waals surface area contributed by atoms with Gasteiger partial charge in [0.05, 0.1) is 11.5 Å². The van der Waals surface area contributed by atoms with Crippen molar-refractivity contribution in [2.45, 2.75) is 57.5 Å². The van der Waals surface area contributed by atoms with E-state index in [4.69, 9.17) is 4.74 Å². The zero-order valence-corrected chi connectivity index (χ0v) is 19.1. The van der Waals surface area contributed by atoms with E-state index < -0.39 is 9.84 Å². The lowest BCUT2D eigenvalue weighted by atomic mass is 9.95. The smallest absolute Gasteiger partial charge is 0.316 e. The Morgan fingerprint density at radius 3 is 2.14 bits per heavy atom. The van der Waals surface area contributed by atoms with Crippen LogP contribution in [0.5, 0.6) is 6.01 Å². The van der Waals surface area contributed by atoms with Crippen molar-refractivity contribution in [3.05, 3.63) is 36.7 Å². The van der Waals surface area contributed by atoms with Crippen molar-refractivity contribution in [3.8, 4) is 17.1 Å². The molecule has 0 spiro atoms. The van der Waals surface area contributed by atoms with Crippen LogP contribution >= 0.6 is 0 Å². The van der Waals surface area contributed by atoms with E-state index in [1.54, 1.807) is 36.7 Å². The monoisotopic (exact) mass is 417 g/mol. The van der Waals surface area contributed by atoms with Crippen molar-refractivity contribution in [2.24, 2.45) is 5.92 Å². The fourth-order valence-electron chi connectivity index (χ4n) is 3.23. The fourth-order valence-corrected chi connectivity index (χ4v) is 3.86. The molecule has 2 aromatic rings. The second-order valence-corrected chi connectivity index (χ2v) is 10.0. The molecule has 1 aromatic carbocycles. The molecule has 2 unspecified atom stereocenters. The Bertz CT molecular complexity index is 871. The molecule has 0 radical (unpaired) electrons. The highest BCUT2D eigenvalue weighted by Gasteiger charge is 2.18. The molecular weight excluding hydrogens is 385 g/mol. The lowest BCUT2D eigenvalue weighted by Crippen LogP contribution is -2.39. The summed E-state index contributed by atoms with van der Waals surface area (Å²) in [7, 11) is -1.02. The van der Waals surface area contributed by atoms with Crippen LogP contribution in [0.1, 0.15) is 40.5 Å². The Labute approximate surface area is 176 Å². The van der Waals surface area contributed by atoms with E-state index in [0.717, 1.165) is 24.0 Å². The molecule has 0 saturated carbocycles. The molecule has 0 aliphatic heterocycles. The summed E-state index contributed by atoms with van der Waals surface area (Å²) in [6.45, 7) is 9.42. The fraction of sp³-hybridized carbons (Fsp3) is 0.524. The van der Waals surface area contributed by atoms with Crippen LogP contribution in [-0.4, -0.2) is 56.1 Å². The second kappa shape index (κ2) is 10.2. The predicted octanol–water partition coefficient (Wildman–Crippen LogP) is 2.99. The molecule has 0 amide bonds. The van der Waals surface area contributed by atoms with Crippen molar-refractivity contribution in [1.82, 2.24) is 14.8 Å². The first kappa shape index (κ1) is 23.4. The number of hydrogen-bond acceptors (Lipinski definition) is 6. The molecule has 0 N–H and O–H groups in total. The highest BCUT2D eigenvalue weighted by Crippen LogP contribution is 2.21. The van der Waals surface area contributed by atoms with Crippen LogP contribution < -0.4 is 4.74 Å². The van der Waals surface area contributed by atoms with Crippen LogP contribution in [0.2, 0.25) is 0 Å². The maximum atomic E-state index is 11.6. The number of rotatable bonds is 10. The molecule has 2 rings (SSSR count). The summed E-state index contributed by atoms with van der Waals surface area (Å²) in [5.41, 5.74) is 1.68. The zero-order valence-electron chi connectivity index (χ0n) is 18.3. The summed E-state index contributed by atoms with van der Waals surface area (Å²) >= 11 is 0. The van der Waals surface area contributed by atoms with Gasteiger partial charge in [-0.15, -0.1) is 0 Å². The first-order valence-corrected chi connectivity index (χ1v) is 12.0. The largest absolute Gasteiger partial charge is 0.463 e. The summed E-state index contributed by atoms with van der Waals surface area (Å²) in [6, 6.07) is 8.12. The number of hydrogen-bond donors (Lipinski definition) is 0. The van der Waals surface area contributed by atoms with Gasteiger partial charge in [0.15, 0.2) is 17.8 Å². The molecule has 1 heterocycles. The minimum Gasteiger partial charge on any atom is -0.463 e. The molecule has 1 aromatic heterocycles. The van der Waals surface area contributed by atoms with Gasteiger partial charge in [-0.05, 0) is 48.5 Å². The van der Waals surface area contributed by atoms with Gasteiger partial charge in [-0.1, -0.05) is 39.8 Å².